The zero-order valence-electron chi connectivity index (χ0n) is 15.0. The van der Waals surface area contributed by atoms with Crippen LogP contribution in [0.5, 0.6) is 0 Å². The molecule has 0 bridgehead atoms. The van der Waals surface area contributed by atoms with E-state index in [-0.39, 0.29) is 24.0 Å². The maximum atomic E-state index is 12.6. The molecule has 0 saturated carbocycles. The molecule has 0 amide bonds. The molecule has 1 fully saturated rings. The zero-order valence-corrected chi connectivity index (χ0v) is 15.0. The summed E-state index contributed by atoms with van der Waals surface area (Å²) >= 11 is 0. The van der Waals surface area contributed by atoms with Gasteiger partial charge in [0.15, 0.2) is 0 Å². The number of ether oxygens (including phenoxy) is 2. The molecule has 1 saturated heterocycles. The number of benzene rings is 1. The molecule has 0 radical (unpaired) electrons. The molecule has 1 aliphatic rings. The van der Waals surface area contributed by atoms with E-state index in [0.717, 1.165) is 12.0 Å². The quantitative estimate of drug-likeness (QED) is 0.776. The molecule has 24 heavy (non-hydrogen) atoms. The van der Waals surface area contributed by atoms with Gasteiger partial charge in [-0.3, -0.25) is 14.5 Å². The molecule has 5 nitrogen and oxygen atoms in total. The maximum absolute atomic E-state index is 12.6. The van der Waals surface area contributed by atoms with Gasteiger partial charge in [0.1, 0.15) is 11.6 Å². The Morgan fingerprint density at radius 3 is 2.42 bits per heavy atom. The third kappa shape index (κ3) is 5.06. The number of esters is 2. The second-order valence-corrected chi connectivity index (χ2v) is 7.22. The smallest absolute Gasteiger partial charge is 0.323 e. The van der Waals surface area contributed by atoms with Crippen molar-refractivity contribution in [1.29, 1.82) is 0 Å². The average molecular weight is 333 g/mol. The van der Waals surface area contributed by atoms with E-state index in [2.05, 4.69) is 4.90 Å². The minimum absolute atomic E-state index is 0.00447. The first kappa shape index (κ1) is 18.5. The highest BCUT2D eigenvalue weighted by Gasteiger charge is 2.40. The highest BCUT2D eigenvalue weighted by Crippen LogP contribution is 2.30. The highest BCUT2D eigenvalue weighted by molar-refractivity contribution is 5.77. The fourth-order valence-electron chi connectivity index (χ4n) is 3.09. The standard InChI is InChI=1S/C19H27NO4/c1-19(2,3)24-18(22)16-11-10-15(12-17(21)23-4)20(16)13-14-8-6-5-7-9-14/h5-9,15-16H,10-13H2,1-4H3/t15-,16+/m1/s1. The summed E-state index contributed by atoms with van der Waals surface area (Å²) < 4.78 is 10.4. The first-order chi connectivity index (χ1) is 11.3. The number of carbonyl (C=O) groups excluding carboxylic acids is 2. The van der Waals surface area contributed by atoms with Crippen LogP contribution < -0.4 is 0 Å². The Morgan fingerprint density at radius 1 is 1.17 bits per heavy atom. The van der Waals surface area contributed by atoms with Gasteiger partial charge in [-0.2, -0.15) is 0 Å². The topological polar surface area (TPSA) is 55.8 Å². The number of methoxy groups -OCH3 is 1. The van der Waals surface area contributed by atoms with Crippen LogP contribution in [0.3, 0.4) is 0 Å². The van der Waals surface area contributed by atoms with Gasteiger partial charge in [-0.05, 0) is 39.2 Å². The van der Waals surface area contributed by atoms with Crippen LogP contribution in [0, 0.1) is 0 Å². The van der Waals surface area contributed by atoms with E-state index in [1.807, 2.05) is 51.1 Å². The van der Waals surface area contributed by atoms with Crippen molar-refractivity contribution in [2.45, 2.75) is 64.3 Å². The number of hydrogen-bond acceptors (Lipinski definition) is 5. The van der Waals surface area contributed by atoms with Crippen LogP contribution in [0.4, 0.5) is 0 Å². The zero-order chi connectivity index (χ0) is 17.7. The van der Waals surface area contributed by atoms with Gasteiger partial charge in [0, 0.05) is 12.6 Å². The molecule has 5 heteroatoms. The Balaban J connectivity index is 2.16. The van der Waals surface area contributed by atoms with E-state index in [4.69, 9.17) is 9.47 Å². The second-order valence-electron chi connectivity index (χ2n) is 7.22. The van der Waals surface area contributed by atoms with Crippen molar-refractivity contribution in [3.63, 3.8) is 0 Å². The molecule has 0 spiro atoms. The van der Waals surface area contributed by atoms with Gasteiger partial charge < -0.3 is 9.47 Å². The first-order valence-corrected chi connectivity index (χ1v) is 8.39. The molecular weight excluding hydrogens is 306 g/mol. The summed E-state index contributed by atoms with van der Waals surface area (Å²) in [6.45, 7) is 6.22. The molecule has 0 N–H and O–H groups in total. The fraction of sp³-hybridized carbons (Fsp3) is 0.579. The summed E-state index contributed by atoms with van der Waals surface area (Å²) in [6, 6.07) is 9.64. The van der Waals surface area contributed by atoms with Crippen molar-refractivity contribution >= 4 is 11.9 Å². The van der Waals surface area contributed by atoms with Crippen LogP contribution in [0.25, 0.3) is 0 Å². The van der Waals surface area contributed by atoms with Crippen molar-refractivity contribution in [3.8, 4) is 0 Å². The minimum Gasteiger partial charge on any atom is -0.469 e. The number of carbonyl (C=O) groups is 2. The molecular formula is C19H27NO4. The van der Waals surface area contributed by atoms with Crippen LogP contribution in [-0.2, 0) is 25.6 Å². The Kier molecular flexibility index (Phi) is 5.99. The first-order valence-electron chi connectivity index (χ1n) is 8.39. The van der Waals surface area contributed by atoms with Gasteiger partial charge in [0.2, 0.25) is 0 Å². The van der Waals surface area contributed by atoms with Crippen LogP contribution in [0.15, 0.2) is 30.3 Å². The second kappa shape index (κ2) is 7.79. The van der Waals surface area contributed by atoms with Crippen LogP contribution in [0.1, 0.15) is 45.6 Å². The van der Waals surface area contributed by atoms with Gasteiger partial charge in [-0.25, -0.2) is 0 Å². The molecule has 2 rings (SSSR count). The van der Waals surface area contributed by atoms with E-state index in [1.165, 1.54) is 7.11 Å². The van der Waals surface area contributed by atoms with E-state index < -0.39 is 5.60 Å². The third-order valence-electron chi connectivity index (χ3n) is 4.16. The Hall–Kier alpha value is -1.88. The van der Waals surface area contributed by atoms with Crippen molar-refractivity contribution in [2.75, 3.05) is 7.11 Å². The molecule has 132 valence electrons. The van der Waals surface area contributed by atoms with E-state index in [9.17, 15) is 9.59 Å². The molecule has 0 unspecified atom stereocenters. The van der Waals surface area contributed by atoms with Gasteiger partial charge >= 0.3 is 11.9 Å². The molecule has 0 aliphatic carbocycles. The lowest BCUT2D eigenvalue weighted by molar-refractivity contribution is -0.161. The van der Waals surface area contributed by atoms with Crippen molar-refractivity contribution in [2.24, 2.45) is 0 Å². The molecule has 2 atom stereocenters. The number of rotatable bonds is 5. The Morgan fingerprint density at radius 2 is 1.83 bits per heavy atom. The lowest BCUT2D eigenvalue weighted by Crippen LogP contribution is -2.43. The lowest BCUT2D eigenvalue weighted by Gasteiger charge is -2.30. The molecule has 1 heterocycles. The van der Waals surface area contributed by atoms with E-state index >= 15 is 0 Å². The van der Waals surface area contributed by atoms with Crippen molar-refractivity contribution in [3.05, 3.63) is 35.9 Å². The summed E-state index contributed by atoms with van der Waals surface area (Å²) in [5, 5.41) is 0. The normalized spacial score (nSPS) is 21.5. The average Bonchev–Trinajstić information content (AvgIpc) is 2.89. The lowest BCUT2D eigenvalue weighted by atomic mass is 10.1. The monoisotopic (exact) mass is 333 g/mol. The summed E-state index contributed by atoms with van der Waals surface area (Å²) in [6.07, 6.45) is 1.78. The number of likely N-dealkylation sites (tertiary alicyclic amines) is 1. The Bertz CT molecular complexity index is 564. The van der Waals surface area contributed by atoms with Crippen molar-refractivity contribution < 1.29 is 19.1 Å². The maximum Gasteiger partial charge on any atom is 0.323 e. The molecule has 1 aromatic carbocycles. The Labute approximate surface area is 143 Å². The fourth-order valence-corrected chi connectivity index (χ4v) is 3.09. The van der Waals surface area contributed by atoms with E-state index in [0.29, 0.717) is 19.4 Å². The molecule has 1 aliphatic heterocycles. The van der Waals surface area contributed by atoms with Gasteiger partial charge in [-0.1, -0.05) is 30.3 Å². The SMILES string of the molecule is COC(=O)C[C@H]1CC[C@@H](C(=O)OC(C)(C)C)N1Cc1ccccc1. The highest BCUT2D eigenvalue weighted by atomic mass is 16.6. The summed E-state index contributed by atoms with van der Waals surface area (Å²) in [5.74, 6) is -0.464. The summed E-state index contributed by atoms with van der Waals surface area (Å²) in [4.78, 5) is 26.4. The van der Waals surface area contributed by atoms with Gasteiger partial charge in [-0.15, -0.1) is 0 Å². The third-order valence-corrected chi connectivity index (χ3v) is 4.16. The minimum atomic E-state index is -0.518. The van der Waals surface area contributed by atoms with Crippen LogP contribution >= 0.6 is 0 Å². The summed E-state index contributed by atoms with van der Waals surface area (Å²) in [7, 11) is 1.39. The predicted molar refractivity (Wildman–Crippen MR) is 91.3 cm³/mol. The number of hydrogen-bond donors (Lipinski definition) is 0. The summed E-state index contributed by atoms with van der Waals surface area (Å²) in [5.41, 5.74) is 0.596. The van der Waals surface area contributed by atoms with Crippen LogP contribution in [-0.4, -0.2) is 41.6 Å². The van der Waals surface area contributed by atoms with Crippen molar-refractivity contribution in [1.82, 2.24) is 4.90 Å². The van der Waals surface area contributed by atoms with E-state index in [1.54, 1.807) is 0 Å². The molecule has 1 aromatic rings. The predicted octanol–water partition coefficient (Wildman–Crippen LogP) is 2.92. The van der Waals surface area contributed by atoms with Gasteiger partial charge in [0.25, 0.3) is 0 Å². The molecule has 0 aromatic heterocycles. The van der Waals surface area contributed by atoms with Crippen LogP contribution in [0.2, 0.25) is 0 Å². The largest absolute Gasteiger partial charge is 0.469 e. The number of nitrogens with zero attached hydrogens (tertiary/aromatic N) is 1. The van der Waals surface area contributed by atoms with Gasteiger partial charge in [0.05, 0.1) is 13.5 Å².